The monoisotopic (exact) mass is 385 g/mol. The number of nitrogens with zero attached hydrogens (tertiary/aromatic N) is 2. The molecule has 2 fully saturated rings. The highest BCUT2D eigenvalue weighted by Gasteiger charge is 2.37. The quantitative estimate of drug-likeness (QED) is 0.815. The van der Waals surface area contributed by atoms with Crippen LogP contribution in [0.15, 0.2) is 18.2 Å². The third-order valence-electron chi connectivity index (χ3n) is 4.49. The largest absolute Gasteiger partial charge is 0.434 e. The molecule has 0 saturated carbocycles. The summed E-state index contributed by atoms with van der Waals surface area (Å²) >= 11 is 0. The van der Waals surface area contributed by atoms with Crippen LogP contribution in [0, 0.1) is 5.82 Å². The molecule has 2 aliphatic rings. The fourth-order valence-corrected chi connectivity index (χ4v) is 4.34. The van der Waals surface area contributed by atoms with E-state index in [4.69, 9.17) is 4.74 Å². The molecule has 1 aromatic rings. The van der Waals surface area contributed by atoms with E-state index in [1.54, 1.807) is 11.0 Å². The SMILES string of the molecule is CNC(=O)[C@H]1CN(c2ccc(N3CCCS(=O)(=O)CC3)c(F)c2)C(=O)O1. The number of halogens is 1. The number of hydrogen-bond acceptors (Lipinski definition) is 6. The first-order chi connectivity index (χ1) is 12.3. The molecule has 10 heteroatoms. The number of carbonyl (C=O) groups is 2. The molecule has 0 aromatic heterocycles. The number of ether oxygens (including phenoxy) is 1. The van der Waals surface area contributed by atoms with Crippen LogP contribution in [-0.4, -0.2) is 64.7 Å². The van der Waals surface area contributed by atoms with Crippen molar-refractivity contribution in [2.45, 2.75) is 12.5 Å². The van der Waals surface area contributed by atoms with E-state index >= 15 is 0 Å². The molecule has 2 aliphatic heterocycles. The highest BCUT2D eigenvalue weighted by molar-refractivity contribution is 7.91. The summed E-state index contributed by atoms with van der Waals surface area (Å²) in [5.74, 6) is -0.897. The molecule has 26 heavy (non-hydrogen) atoms. The minimum absolute atomic E-state index is 0.000743. The van der Waals surface area contributed by atoms with Crippen molar-refractivity contribution in [3.05, 3.63) is 24.0 Å². The van der Waals surface area contributed by atoms with Crippen molar-refractivity contribution >= 4 is 33.2 Å². The average Bonchev–Trinajstić information content (AvgIpc) is 2.89. The molecular formula is C16H20FN3O5S. The van der Waals surface area contributed by atoms with Crippen molar-refractivity contribution in [2.24, 2.45) is 0 Å². The number of sulfone groups is 1. The first-order valence-corrected chi connectivity index (χ1v) is 10.1. The predicted octanol–water partition coefficient (Wildman–Crippen LogP) is 0.522. The lowest BCUT2D eigenvalue weighted by molar-refractivity contribution is -0.127. The number of cyclic esters (lactones) is 1. The molecule has 8 nitrogen and oxygen atoms in total. The van der Waals surface area contributed by atoms with Crippen LogP contribution < -0.4 is 15.1 Å². The number of anilines is 2. The van der Waals surface area contributed by atoms with Gasteiger partial charge in [-0.2, -0.15) is 0 Å². The first-order valence-electron chi connectivity index (χ1n) is 8.25. The molecule has 0 spiro atoms. The van der Waals surface area contributed by atoms with Crippen molar-refractivity contribution < 1.29 is 27.1 Å². The number of amides is 2. The second kappa shape index (κ2) is 7.10. The second-order valence-corrected chi connectivity index (χ2v) is 8.53. The minimum atomic E-state index is -3.09. The van der Waals surface area contributed by atoms with Crippen LogP contribution in [0.2, 0.25) is 0 Å². The summed E-state index contributed by atoms with van der Waals surface area (Å²) in [5.41, 5.74) is 0.575. The van der Waals surface area contributed by atoms with Crippen LogP contribution in [0.4, 0.5) is 20.6 Å². The summed E-state index contributed by atoms with van der Waals surface area (Å²) < 4.78 is 43.0. The Labute approximate surface area is 150 Å². The maximum absolute atomic E-state index is 14.6. The van der Waals surface area contributed by atoms with Crippen LogP contribution >= 0.6 is 0 Å². The number of rotatable bonds is 3. The lowest BCUT2D eigenvalue weighted by Crippen LogP contribution is -2.35. The molecule has 0 unspecified atom stereocenters. The van der Waals surface area contributed by atoms with Gasteiger partial charge in [0.2, 0.25) is 0 Å². The molecule has 3 rings (SSSR count). The molecule has 1 aromatic carbocycles. The van der Waals surface area contributed by atoms with Gasteiger partial charge in [0.05, 0.1) is 29.4 Å². The molecule has 1 N–H and O–H groups in total. The maximum Gasteiger partial charge on any atom is 0.415 e. The molecule has 1 atom stereocenters. The molecule has 2 heterocycles. The topological polar surface area (TPSA) is 96.0 Å². The molecule has 0 radical (unpaired) electrons. The normalized spacial score (nSPS) is 22.7. The van der Waals surface area contributed by atoms with Gasteiger partial charge in [-0.3, -0.25) is 9.69 Å². The number of likely N-dealkylation sites (N-methyl/N-ethyl adjacent to an activating group) is 1. The van der Waals surface area contributed by atoms with E-state index in [0.29, 0.717) is 18.7 Å². The van der Waals surface area contributed by atoms with Gasteiger partial charge in [-0.15, -0.1) is 0 Å². The summed E-state index contributed by atoms with van der Waals surface area (Å²) in [6.45, 7) is 0.669. The fraction of sp³-hybridized carbons (Fsp3) is 0.500. The van der Waals surface area contributed by atoms with Gasteiger partial charge in [-0.05, 0) is 24.6 Å². The smallest absolute Gasteiger partial charge is 0.415 e. The third-order valence-corrected chi connectivity index (χ3v) is 6.21. The van der Waals surface area contributed by atoms with Crippen LogP contribution in [0.5, 0.6) is 0 Å². The average molecular weight is 385 g/mol. The third kappa shape index (κ3) is 3.74. The highest BCUT2D eigenvalue weighted by Crippen LogP contribution is 2.28. The van der Waals surface area contributed by atoms with Gasteiger partial charge in [-0.25, -0.2) is 17.6 Å². The van der Waals surface area contributed by atoms with Crippen molar-refractivity contribution in [1.29, 1.82) is 0 Å². The van der Waals surface area contributed by atoms with E-state index in [1.165, 1.54) is 24.1 Å². The van der Waals surface area contributed by atoms with Crippen LogP contribution in [0.1, 0.15) is 6.42 Å². The Morgan fingerprint density at radius 2 is 2.08 bits per heavy atom. The molecule has 0 aliphatic carbocycles. The summed E-state index contributed by atoms with van der Waals surface area (Å²) in [7, 11) is -1.65. The van der Waals surface area contributed by atoms with Crippen LogP contribution in [-0.2, 0) is 19.4 Å². The summed E-state index contributed by atoms with van der Waals surface area (Å²) in [4.78, 5) is 26.4. The van der Waals surface area contributed by atoms with Crippen molar-refractivity contribution in [3.63, 3.8) is 0 Å². The van der Waals surface area contributed by atoms with E-state index in [1.807, 2.05) is 0 Å². The van der Waals surface area contributed by atoms with Crippen molar-refractivity contribution in [2.75, 3.05) is 48.0 Å². The molecule has 0 bridgehead atoms. The van der Waals surface area contributed by atoms with E-state index in [0.717, 1.165) is 0 Å². The number of hydrogen-bond donors (Lipinski definition) is 1. The molecule has 142 valence electrons. The lowest BCUT2D eigenvalue weighted by atomic mass is 10.2. The highest BCUT2D eigenvalue weighted by atomic mass is 32.2. The molecule has 2 amide bonds. The predicted molar refractivity (Wildman–Crippen MR) is 93.6 cm³/mol. The first kappa shape index (κ1) is 18.4. The Morgan fingerprint density at radius 3 is 2.77 bits per heavy atom. The fourth-order valence-electron chi connectivity index (χ4n) is 3.07. The van der Waals surface area contributed by atoms with Gasteiger partial charge < -0.3 is 15.0 Å². The van der Waals surface area contributed by atoms with Crippen molar-refractivity contribution in [1.82, 2.24) is 5.32 Å². The van der Waals surface area contributed by atoms with E-state index < -0.39 is 33.8 Å². The standard InChI is InChI=1S/C16H20FN3O5S/c1-18-15(21)14-10-20(16(22)25-14)11-3-4-13(12(17)9-11)19-5-2-7-26(23,24)8-6-19/h3-4,9,14H,2,5-8,10H2,1H3,(H,18,21)/t14-/m1/s1. The molecular weight excluding hydrogens is 365 g/mol. The van der Waals surface area contributed by atoms with Gasteiger partial charge in [0.1, 0.15) is 5.82 Å². The maximum atomic E-state index is 14.6. The van der Waals surface area contributed by atoms with Crippen LogP contribution in [0.3, 0.4) is 0 Å². The summed E-state index contributed by atoms with van der Waals surface area (Å²) in [6.07, 6.45) is -1.21. The zero-order chi connectivity index (χ0) is 18.9. The summed E-state index contributed by atoms with van der Waals surface area (Å²) in [6, 6.07) is 4.27. The Bertz CT molecular complexity index is 829. The van der Waals surface area contributed by atoms with Crippen LogP contribution in [0.25, 0.3) is 0 Å². The Kier molecular flexibility index (Phi) is 5.03. The van der Waals surface area contributed by atoms with Gasteiger partial charge in [-0.1, -0.05) is 0 Å². The number of carbonyl (C=O) groups excluding carboxylic acids is 2. The minimum Gasteiger partial charge on any atom is -0.434 e. The molecule has 2 saturated heterocycles. The van der Waals surface area contributed by atoms with E-state index in [-0.39, 0.29) is 30.3 Å². The lowest BCUT2D eigenvalue weighted by Gasteiger charge is -2.23. The van der Waals surface area contributed by atoms with Gasteiger partial charge in [0.25, 0.3) is 5.91 Å². The number of nitrogens with one attached hydrogen (secondary N) is 1. The Hall–Kier alpha value is -2.36. The van der Waals surface area contributed by atoms with Gasteiger partial charge in [0.15, 0.2) is 15.9 Å². The Balaban J connectivity index is 1.78. The van der Waals surface area contributed by atoms with Gasteiger partial charge in [0, 0.05) is 20.1 Å². The van der Waals surface area contributed by atoms with Crippen molar-refractivity contribution in [3.8, 4) is 0 Å². The summed E-state index contributed by atoms with van der Waals surface area (Å²) in [5, 5.41) is 2.40. The van der Waals surface area contributed by atoms with Gasteiger partial charge >= 0.3 is 6.09 Å². The van der Waals surface area contributed by atoms with E-state index in [2.05, 4.69) is 5.32 Å². The second-order valence-electron chi connectivity index (χ2n) is 6.23. The number of benzene rings is 1. The van der Waals surface area contributed by atoms with E-state index in [9.17, 15) is 22.4 Å². The zero-order valence-corrected chi connectivity index (χ0v) is 15.1. The Morgan fingerprint density at radius 1 is 1.31 bits per heavy atom. The zero-order valence-electron chi connectivity index (χ0n) is 14.3.